The first-order chi connectivity index (χ1) is 5.57. The minimum Gasteiger partial charge on any atom is -0.212 e. The molecule has 0 heterocycles. The van der Waals surface area contributed by atoms with E-state index in [4.69, 9.17) is 0 Å². The molecule has 0 atom stereocenters. The van der Waals surface area contributed by atoms with Crippen molar-refractivity contribution in [1.82, 2.24) is 0 Å². The summed E-state index contributed by atoms with van der Waals surface area (Å²) in [6.45, 7) is 7.69. The topological polar surface area (TPSA) is 0 Å². The summed E-state index contributed by atoms with van der Waals surface area (Å²) >= 11 is 0. The van der Waals surface area contributed by atoms with Crippen molar-refractivity contribution in [3.63, 3.8) is 0 Å². The third-order valence-corrected chi connectivity index (χ3v) is 1.99. The van der Waals surface area contributed by atoms with E-state index in [1.165, 1.54) is 25.3 Å². The molecule has 0 amide bonds. The van der Waals surface area contributed by atoms with Gasteiger partial charge in [-0.3, -0.25) is 0 Å². The van der Waals surface area contributed by atoms with Crippen LogP contribution < -0.4 is 0 Å². The number of allylic oxidation sites excluding steroid dienone is 4. The zero-order valence-corrected chi connectivity index (χ0v) is 8.58. The molecule has 0 aromatic rings. The van der Waals surface area contributed by atoms with Crippen molar-refractivity contribution in [2.75, 3.05) is 0 Å². The van der Waals surface area contributed by atoms with Crippen LogP contribution in [0.5, 0.6) is 0 Å². The number of unbranched alkanes of at least 4 members (excludes halogenated alkanes) is 1. The predicted molar refractivity (Wildman–Crippen MR) is 52.8 cm³/mol. The lowest BCUT2D eigenvalue weighted by Crippen LogP contribution is -1.82. The van der Waals surface area contributed by atoms with Gasteiger partial charge in [0.1, 0.15) is 0 Å². The summed E-state index contributed by atoms with van der Waals surface area (Å²) in [5.41, 5.74) is 2.37. The molecule has 0 fully saturated rings. The van der Waals surface area contributed by atoms with Crippen LogP contribution in [-0.4, -0.2) is 0 Å². The maximum Gasteiger partial charge on any atom is 0.0971 e. The summed E-state index contributed by atoms with van der Waals surface area (Å²) in [4.78, 5) is 0. The van der Waals surface area contributed by atoms with Crippen molar-refractivity contribution < 1.29 is 4.39 Å². The van der Waals surface area contributed by atoms with Gasteiger partial charge in [0.25, 0.3) is 0 Å². The average molecular weight is 170 g/mol. The smallest absolute Gasteiger partial charge is 0.0971 e. The minimum absolute atomic E-state index is 0.108. The van der Waals surface area contributed by atoms with Gasteiger partial charge in [0.2, 0.25) is 0 Å². The number of hydrogen-bond donors (Lipinski definition) is 0. The Balaban J connectivity index is 4.16. The van der Waals surface area contributed by atoms with Gasteiger partial charge in [-0.25, -0.2) is 4.39 Å². The second-order valence-corrected chi connectivity index (χ2v) is 3.30. The summed E-state index contributed by atoms with van der Waals surface area (Å²) in [5, 5.41) is 0. The van der Waals surface area contributed by atoms with Crippen LogP contribution in [0.2, 0.25) is 0 Å². The Morgan fingerprint density at radius 1 is 1.25 bits per heavy atom. The molecule has 1 heteroatoms. The molecule has 70 valence electrons. The first-order valence-electron chi connectivity index (χ1n) is 4.58. The van der Waals surface area contributed by atoms with Crippen molar-refractivity contribution in [3.05, 3.63) is 23.0 Å². The van der Waals surface area contributed by atoms with E-state index in [0.29, 0.717) is 0 Å². The maximum absolute atomic E-state index is 12.5. The van der Waals surface area contributed by atoms with Crippen molar-refractivity contribution in [3.8, 4) is 0 Å². The van der Waals surface area contributed by atoms with Gasteiger partial charge in [-0.2, -0.15) is 0 Å². The van der Waals surface area contributed by atoms with Crippen LogP contribution in [0.3, 0.4) is 0 Å². The predicted octanol–water partition coefficient (Wildman–Crippen LogP) is 4.39. The molecule has 0 aromatic carbocycles. The molecule has 12 heavy (non-hydrogen) atoms. The fraction of sp³-hybridized carbons (Fsp3) is 0.636. The highest BCUT2D eigenvalue weighted by molar-refractivity contribution is 5.23. The van der Waals surface area contributed by atoms with Gasteiger partial charge in [-0.1, -0.05) is 18.9 Å². The van der Waals surface area contributed by atoms with Crippen molar-refractivity contribution in [2.45, 2.75) is 47.0 Å². The molecule has 0 saturated carbocycles. The lowest BCUT2D eigenvalue weighted by atomic mass is 10.0. The Bertz CT molecular complexity index is 183. The Morgan fingerprint density at radius 3 is 2.25 bits per heavy atom. The average Bonchev–Trinajstić information content (AvgIpc) is 1.98. The molecule has 0 aromatic heterocycles. The maximum atomic E-state index is 12.5. The Labute approximate surface area is 75.2 Å². The normalized spacial score (nSPS) is 14.6. The molecule has 0 unspecified atom stereocenters. The van der Waals surface area contributed by atoms with Gasteiger partial charge in [0, 0.05) is 0 Å². The summed E-state index contributed by atoms with van der Waals surface area (Å²) < 4.78 is 12.5. The second kappa shape index (κ2) is 5.99. The van der Waals surface area contributed by atoms with Crippen LogP contribution in [0.1, 0.15) is 47.0 Å². The lowest BCUT2D eigenvalue weighted by Gasteiger charge is -2.02. The molecule has 0 rings (SSSR count). The van der Waals surface area contributed by atoms with E-state index in [1.54, 1.807) is 6.08 Å². The SMILES string of the molecule is CCCC/C(C)=C(C)\C=C(/C)F. The molecule has 0 aliphatic rings. The molecule has 0 N–H and O–H groups in total. The third kappa shape index (κ3) is 5.11. The van der Waals surface area contributed by atoms with E-state index in [2.05, 4.69) is 13.8 Å². The fourth-order valence-corrected chi connectivity index (χ4v) is 1.06. The number of halogens is 1. The van der Waals surface area contributed by atoms with Gasteiger partial charge in [0.05, 0.1) is 5.83 Å². The fourth-order valence-electron chi connectivity index (χ4n) is 1.06. The standard InChI is InChI=1S/C11H19F/c1-5-6-7-9(2)10(3)8-11(4)12/h8H,5-7H2,1-4H3/b10-9-,11-8+. The quantitative estimate of drug-likeness (QED) is 0.549. The van der Waals surface area contributed by atoms with Crippen molar-refractivity contribution in [1.29, 1.82) is 0 Å². The van der Waals surface area contributed by atoms with E-state index in [-0.39, 0.29) is 5.83 Å². The molecule has 0 bridgehead atoms. The Morgan fingerprint density at radius 2 is 1.83 bits per heavy atom. The van der Waals surface area contributed by atoms with Crippen LogP contribution in [0, 0.1) is 0 Å². The Kier molecular flexibility index (Phi) is 5.69. The van der Waals surface area contributed by atoms with E-state index >= 15 is 0 Å². The summed E-state index contributed by atoms with van der Waals surface area (Å²) in [6.07, 6.45) is 5.09. The molecule has 0 nitrogen and oxygen atoms in total. The monoisotopic (exact) mass is 170 g/mol. The van der Waals surface area contributed by atoms with E-state index in [1.807, 2.05) is 6.92 Å². The van der Waals surface area contributed by atoms with Crippen LogP contribution in [0.4, 0.5) is 4.39 Å². The molecule has 0 radical (unpaired) electrons. The van der Waals surface area contributed by atoms with Gasteiger partial charge in [0.15, 0.2) is 0 Å². The molecule has 0 saturated heterocycles. The van der Waals surface area contributed by atoms with E-state index in [9.17, 15) is 4.39 Å². The summed E-state index contributed by atoms with van der Waals surface area (Å²) in [7, 11) is 0. The van der Waals surface area contributed by atoms with Crippen LogP contribution >= 0.6 is 0 Å². The van der Waals surface area contributed by atoms with Crippen molar-refractivity contribution >= 4 is 0 Å². The zero-order chi connectivity index (χ0) is 9.56. The van der Waals surface area contributed by atoms with Gasteiger partial charge in [-0.05, 0) is 45.3 Å². The van der Waals surface area contributed by atoms with E-state index < -0.39 is 0 Å². The Hall–Kier alpha value is -0.590. The lowest BCUT2D eigenvalue weighted by molar-refractivity contribution is 0.639. The van der Waals surface area contributed by atoms with E-state index in [0.717, 1.165) is 12.0 Å². The molecular formula is C11H19F. The zero-order valence-electron chi connectivity index (χ0n) is 8.58. The molecular weight excluding hydrogens is 151 g/mol. The number of rotatable bonds is 4. The molecule has 0 aliphatic carbocycles. The van der Waals surface area contributed by atoms with Crippen LogP contribution in [0.15, 0.2) is 23.0 Å². The largest absolute Gasteiger partial charge is 0.212 e. The second-order valence-electron chi connectivity index (χ2n) is 3.30. The van der Waals surface area contributed by atoms with Gasteiger partial charge in [-0.15, -0.1) is 0 Å². The highest BCUT2D eigenvalue weighted by Crippen LogP contribution is 2.14. The third-order valence-electron chi connectivity index (χ3n) is 1.99. The molecule has 0 aliphatic heterocycles. The van der Waals surface area contributed by atoms with Gasteiger partial charge < -0.3 is 0 Å². The number of hydrogen-bond acceptors (Lipinski definition) is 0. The summed E-state index contributed by atoms with van der Waals surface area (Å²) in [5.74, 6) is -0.108. The van der Waals surface area contributed by atoms with Crippen LogP contribution in [0.25, 0.3) is 0 Å². The minimum atomic E-state index is -0.108. The first-order valence-corrected chi connectivity index (χ1v) is 4.58. The van der Waals surface area contributed by atoms with Crippen LogP contribution in [-0.2, 0) is 0 Å². The highest BCUT2D eigenvalue weighted by atomic mass is 19.1. The highest BCUT2D eigenvalue weighted by Gasteiger charge is 1.94. The van der Waals surface area contributed by atoms with Gasteiger partial charge >= 0.3 is 0 Å². The van der Waals surface area contributed by atoms with Crippen molar-refractivity contribution in [2.24, 2.45) is 0 Å². The first kappa shape index (κ1) is 11.4. The molecule has 0 spiro atoms. The summed E-state index contributed by atoms with van der Waals surface area (Å²) in [6, 6.07) is 0.